The van der Waals surface area contributed by atoms with Gasteiger partial charge in [-0.15, -0.1) is 0 Å². The van der Waals surface area contributed by atoms with E-state index in [-0.39, 0.29) is 0 Å². The van der Waals surface area contributed by atoms with E-state index in [1.807, 2.05) is 0 Å². The number of unbranched alkanes of at least 4 members (excludes halogenated alkanes) is 20. The van der Waals surface area contributed by atoms with Crippen LogP contribution in [0, 0.1) is 5.92 Å². The molecule has 0 radical (unpaired) electrons. The Kier molecular flexibility index (Phi) is 25.7. The molecule has 0 aliphatic heterocycles. The van der Waals surface area contributed by atoms with Crippen LogP contribution in [0.4, 0.5) is 0 Å². The molecule has 0 fully saturated rings. The van der Waals surface area contributed by atoms with Gasteiger partial charge in [0.25, 0.3) is 0 Å². The summed E-state index contributed by atoms with van der Waals surface area (Å²) in [5.74, 6) is 1.27. The van der Waals surface area contributed by atoms with Gasteiger partial charge in [-0.25, -0.2) is 0 Å². The fourth-order valence-electron chi connectivity index (χ4n) is 4.76. The quantitative estimate of drug-likeness (QED) is 0.123. The lowest BCUT2D eigenvalue weighted by Crippen LogP contribution is -1.95. The van der Waals surface area contributed by atoms with Crippen LogP contribution in [-0.4, -0.2) is 5.78 Å². The second-order valence-corrected chi connectivity index (χ2v) is 10.6. The minimum Gasteiger partial charge on any atom is -0.300 e. The molecule has 0 aromatic carbocycles. The van der Waals surface area contributed by atoms with Crippen molar-refractivity contribution in [2.45, 2.75) is 181 Å². The van der Waals surface area contributed by atoms with Gasteiger partial charge in [-0.05, 0) is 19.3 Å². The van der Waals surface area contributed by atoms with Gasteiger partial charge >= 0.3 is 0 Å². The summed E-state index contributed by atoms with van der Waals surface area (Å²) in [6.07, 6.45) is 34.9. The summed E-state index contributed by atoms with van der Waals surface area (Å²) in [6.45, 7) is 6.46. The fourth-order valence-corrected chi connectivity index (χ4v) is 4.76. The standard InChI is InChI=1S/C30H60O/c1-4-5-6-7-8-9-10-11-12-13-14-15-16-17-20-23-26-29(2)27-24-21-18-19-22-25-28-30(3)31/h29H,4-28H2,1-3H3. The first-order valence-electron chi connectivity index (χ1n) is 14.7. The normalized spacial score (nSPS) is 12.4. The van der Waals surface area contributed by atoms with Crippen molar-refractivity contribution in [3.05, 3.63) is 0 Å². The molecule has 1 nitrogen and oxygen atoms in total. The monoisotopic (exact) mass is 436 g/mol. The van der Waals surface area contributed by atoms with Crippen molar-refractivity contribution in [1.29, 1.82) is 0 Å². The van der Waals surface area contributed by atoms with E-state index in [2.05, 4.69) is 13.8 Å². The first-order chi connectivity index (χ1) is 15.2. The predicted molar refractivity (Wildman–Crippen MR) is 141 cm³/mol. The van der Waals surface area contributed by atoms with Crippen molar-refractivity contribution in [2.24, 2.45) is 5.92 Å². The van der Waals surface area contributed by atoms with E-state index in [0.29, 0.717) is 5.78 Å². The summed E-state index contributed by atoms with van der Waals surface area (Å²) in [5.41, 5.74) is 0. The van der Waals surface area contributed by atoms with Gasteiger partial charge in [0.1, 0.15) is 5.78 Å². The number of rotatable bonds is 26. The van der Waals surface area contributed by atoms with Crippen LogP contribution in [0.1, 0.15) is 181 Å². The summed E-state index contributed by atoms with van der Waals surface area (Å²) in [5, 5.41) is 0. The molecule has 0 saturated heterocycles. The van der Waals surface area contributed by atoms with Gasteiger partial charge in [0.15, 0.2) is 0 Å². The maximum absolute atomic E-state index is 10.9. The Labute approximate surface area is 197 Å². The van der Waals surface area contributed by atoms with Crippen molar-refractivity contribution < 1.29 is 4.79 Å². The average molecular weight is 437 g/mol. The van der Waals surface area contributed by atoms with Crippen molar-refractivity contribution >= 4 is 5.78 Å². The second kappa shape index (κ2) is 25.9. The fraction of sp³-hybridized carbons (Fsp3) is 0.967. The molecule has 0 aliphatic carbocycles. The first-order valence-corrected chi connectivity index (χ1v) is 14.7. The molecule has 0 N–H and O–H groups in total. The summed E-state index contributed by atoms with van der Waals surface area (Å²) in [7, 11) is 0. The lowest BCUT2D eigenvalue weighted by atomic mass is 9.95. The van der Waals surface area contributed by atoms with Crippen molar-refractivity contribution in [3.8, 4) is 0 Å². The lowest BCUT2D eigenvalue weighted by molar-refractivity contribution is -0.117. The molecule has 1 unspecified atom stereocenters. The summed E-state index contributed by atoms with van der Waals surface area (Å²) in [4.78, 5) is 10.9. The molecule has 186 valence electrons. The first kappa shape index (κ1) is 30.7. The van der Waals surface area contributed by atoms with Gasteiger partial charge in [-0.3, -0.25) is 0 Å². The van der Waals surface area contributed by atoms with E-state index in [4.69, 9.17) is 0 Å². The zero-order chi connectivity index (χ0) is 22.8. The number of hydrogen-bond acceptors (Lipinski definition) is 1. The highest BCUT2D eigenvalue weighted by molar-refractivity contribution is 5.75. The second-order valence-electron chi connectivity index (χ2n) is 10.6. The van der Waals surface area contributed by atoms with Crippen molar-refractivity contribution in [3.63, 3.8) is 0 Å². The minimum absolute atomic E-state index is 0.350. The van der Waals surface area contributed by atoms with Crippen LogP contribution in [0.25, 0.3) is 0 Å². The Balaban J connectivity index is 3.14. The zero-order valence-corrected chi connectivity index (χ0v) is 22.2. The van der Waals surface area contributed by atoms with E-state index >= 15 is 0 Å². The molecule has 0 bridgehead atoms. The summed E-state index contributed by atoms with van der Waals surface area (Å²) < 4.78 is 0. The SMILES string of the molecule is CCCCCCCCCCCCCCCCCCC(C)CCCCCCCCC(C)=O. The molecule has 0 aromatic rings. The van der Waals surface area contributed by atoms with Gasteiger partial charge in [0.05, 0.1) is 0 Å². The number of hydrogen-bond donors (Lipinski definition) is 0. The highest BCUT2D eigenvalue weighted by Crippen LogP contribution is 2.19. The molecule has 0 spiro atoms. The molecular formula is C30H60O. The topological polar surface area (TPSA) is 17.1 Å². The van der Waals surface area contributed by atoms with Gasteiger partial charge in [-0.2, -0.15) is 0 Å². The van der Waals surface area contributed by atoms with Crippen LogP contribution in [0.15, 0.2) is 0 Å². The van der Waals surface area contributed by atoms with Crippen LogP contribution in [0.2, 0.25) is 0 Å². The Bertz CT molecular complexity index is 348. The van der Waals surface area contributed by atoms with E-state index < -0.39 is 0 Å². The van der Waals surface area contributed by atoms with Crippen LogP contribution in [-0.2, 0) is 4.79 Å². The Morgan fingerprint density at radius 1 is 0.484 bits per heavy atom. The smallest absolute Gasteiger partial charge is 0.129 e. The van der Waals surface area contributed by atoms with E-state index in [1.165, 1.54) is 148 Å². The summed E-state index contributed by atoms with van der Waals surface area (Å²) in [6, 6.07) is 0. The largest absolute Gasteiger partial charge is 0.300 e. The molecule has 31 heavy (non-hydrogen) atoms. The number of carbonyl (C=O) groups is 1. The van der Waals surface area contributed by atoms with E-state index in [1.54, 1.807) is 6.92 Å². The Hall–Kier alpha value is -0.330. The molecule has 1 atom stereocenters. The van der Waals surface area contributed by atoms with Crippen LogP contribution in [0.5, 0.6) is 0 Å². The summed E-state index contributed by atoms with van der Waals surface area (Å²) >= 11 is 0. The van der Waals surface area contributed by atoms with Gasteiger partial charge in [0.2, 0.25) is 0 Å². The Morgan fingerprint density at radius 3 is 1.10 bits per heavy atom. The molecule has 0 aromatic heterocycles. The van der Waals surface area contributed by atoms with Crippen molar-refractivity contribution in [1.82, 2.24) is 0 Å². The van der Waals surface area contributed by atoms with E-state index in [9.17, 15) is 4.79 Å². The molecule has 1 heteroatoms. The highest BCUT2D eigenvalue weighted by atomic mass is 16.1. The zero-order valence-electron chi connectivity index (χ0n) is 22.2. The Morgan fingerprint density at radius 2 is 0.774 bits per heavy atom. The minimum atomic E-state index is 0.350. The number of ketones is 1. The number of Topliss-reactive ketones (excluding diaryl/α,β-unsaturated/α-hetero) is 1. The molecule has 0 heterocycles. The van der Waals surface area contributed by atoms with Gasteiger partial charge in [0, 0.05) is 6.42 Å². The molecule has 0 saturated carbocycles. The van der Waals surface area contributed by atoms with Gasteiger partial charge in [-0.1, -0.05) is 162 Å². The molecule has 0 amide bonds. The highest BCUT2D eigenvalue weighted by Gasteiger charge is 2.02. The number of carbonyl (C=O) groups excluding carboxylic acids is 1. The van der Waals surface area contributed by atoms with Crippen molar-refractivity contribution in [2.75, 3.05) is 0 Å². The average Bonchev–Trinajstić information content (AvgIpc) is 2.75. The van der Waals surface area contributed by atoms with Gasteiger partial charge < -0.3 is 4.79 Å². The maximum atomic E-state index is 10.9. The third-order valence-electron chi connectivity index (χ3n) is 7.03. The molecule has 0 aliphatic rings. The van der Waals surface area contributed by atoms with Crippen LogP contribution in [0.3, 0.4) is 0 Å². The third-order valence-corrected chi connectivity index (χ3v) is 7.03. The lowest BCUT2D eigenvalue weighted by Gasteiger charge is -2.11. The third kappa shape index (κ3) is 27.6. The van der Waals surface area contributed by atoms with Crippen LogP contribution >= 0.6 is 0 Å². The molecule has 0 rings (SSSR count). The maximum Gasteiger partial charge on any atom is 0.129 e. The van der Waals surface area contributed by atoms with Crippen LogP contribution < -0.4 is 0 Å². The van der Waals surface area contributed by atoms with E-state index in [0.717, 1.165) is 18.8 Å². The molecular weight excluding hydrogens is 376 g/mol. The predicted octanol–water partition coefficient (Wildman–Crippen LogP) is 11.0.